The normalized spacial score (nSPS) is 20.7. The molecule has 312 valence electrons. The summed E-state index contributed by atoms with van der Waals surface area (Å²) >= 11 is 0. The SMILES string of the molecule is CCc1cc(OCC2CN(c3ccc(Cc4ccc(N5CC(COc6cc(CC)c(OCC7CO7)cc6CC)OC5=O)cc4)cc3)C(=O)O2)c(CC)cc1OCC1CO1. The van der Waals surface area contributed by atoms with Gasteiger partial charge in [0.15, 0.2) is 12.2 Å². The maximum Gasteiger partial charge on any atom is 0.414 e. The minimum absolute atomic E-state index is 0.190. The zero-order valence-corrected chi connectivity index (χ0v) is 34.4. The van der Waals surface area contributed by atoms with Gasteiger partial charge < -0.3 is 37.9 Å². The van der Waals surface area contributed by atoms with Gasteiger partial charge in [0.1, 0.15) is 61.6 Å². The number of nitrogens with zero attached hydrogens (tertiary/aromatic N) is 2. The van der Waals surface area contributed by atoms with Gasteiger partial charge in [0.25, 0.3) is 0 Å². The minimum atomic E-state index is -0.400. The van der Waals surface area contributed by atoms with Crippen LogP contribution >= 0.6 is 0 Å². The summed E-state index contributed by atoms with van der Waals surface area (Å²) in [6.07, 6.45) is 2.70. The molecular formula is C47H54N2O10. The van der Waals surface area contributed by atoms with Crippen LogP contribution in [0.25, 0.3) is 0 Å². The molecule has 4 fully saturated rings. The van der Waals surface area contributed by atoms with E-state index in [1.54, 1.807) is 9.80 Å². The van der Waals surface area contributed by atoms with Gasteiger partial charge in [-0.1, -0.05) is 52.0 Å². The van der Waals surface area contributed by atoms with Crippen molar-refractivity contribution in [2.24, 2.45) is 0 Å². The fraction of sp³-hybridized carbons (Fsp3) is 0.447. The number of hydrogen-bond acceptors (Lipinski definition) is 10. The molecule has 2 amide bonds. The maximum absolute atomic E-state index is 12.9. The fourth-order valence-corrected chi connectivity index (χ4v) is 7.45. The molecule has 8 rings (SSSR count). The monoisotopic (exact) mass is 806 g/mol. The molecule has 0 N–H and O–H groups in total. The second-order valence-corrected chi connectivity index (χ2v) is 15.4. The smallest absolute Gasteiger partial charge is 0.414 e. The molecule has 12 nitrogen and oxygen atoms in total. The molecule has 4 aliphatic rings. The first kappa shape index (κ1) is 40.3. The lowest BCUT2D eigenvalue weighted by Gasteiger charge is -2.18. The summed E-state index contributed by atoms with van der Waals surface area (Å²) in [4.78, 5) is 29.2. The average Bonchev–Trinajstić information content (AvgIpc) is 4.20. The molecule has 4 aliphatic heterocycles. The molecule has 0 radical (unpaired) electrons. The number of rotatable bonds is 20. The van der Waals surface area contributed by atoms with E-state index in [2.05, 4.69) is 39.8 Å². The van der Waals surface area contributed by atoms with E-state index in [1.807, 2.05) is 60.7 Å². The second-order valence-electron chi connectivity index (χ2n) is 15.4. The summed E-state index contributed by atoms with van der Waals surface area (Å²) in [5.41, 5.74) is 7.98. The van der Waals surface area contributed by atoms with E-state index in [1.165, 1.54) is 0 Å². The standard InChI is InChI=1S/C47H54N2O10/c1-5-32-20-44(56-28-40-26-52-40)34(7-3)18-42(32)54-24-38-22-48(46(50)58-38)36-13-9-30(10-14-36)17-31-11-15-37(16-12-31)49-23-39(59-47(49)51)25-55-43-19-35(8-4)45(21-33(43)6-2)57-29-41-27-53-41/h9-16,18-21,38-41H,5-8,17,22-29H2,1-4H3. The van der Waals surface area contributed by atoms with Crippen molar-refractivity contribution in [1.82, 2.24) is 0 Å². The molecule has 0 spiro atoms. The van der Waals surface area contributed by atoms with Crippen molar-refractivity contribution in [3.8, 4) is 23.0 Å². The Morgan fingerprint density at radius 2 is 0.797 bits per heavy atom. The molecular weight excluding hydrogens is 753 g/mol. The minimum Gasteiger partial charge on any atom is -0.490 e. The molecule has 4 heterocycles. The number of epoxide rings is 2. The molecule has 4 saturated heterocycles. The van der Waals surface area contributed by atoms with Gasteiger partial charge in [0.2, 0.25) is 0 Å². The van der Waals surface area contributed by atoms with Crippen LogP contribution in [0.3, 0.4) is 0 Å². The Balaban J connectivity index is 0.815. The zero-order valence-electron chi connectivity index (χ0n) is 34.4. The Labute approximate surface area is 346 Å². The number of benzene rings is 4. The maximum atomic E-state index is 12.9. The van der Waals surface area contributed by atoms with Crippen LogP contribution in [0.5, 0.6) is 23.0 Å². The summed E-state index contributed by atoms with van der Waals surface area (Å²) in [5, 5.41) is 0. The first-order valence-corrected chi connectivity index (χ1v) is 21.0. The number of cyclic esters (lactones) is 2. The van der Waals surface area contributed by atoms with Crippen molar-refractivity contribution >= 4 is 23.6 Å². The molecule has 12 heteroatoms. The Hall–Kier alpha value is -5.46. The van der Waals surface area contributed by atoms with Crippen molar-refractivity contribution < 1.29 is 47.5 Å². The number of carbonyl (C=O) groups excluding carboxylic acids is 2. The van der Waals surface area contributed by atoms with Gasteiger partial charge in [0.05, 0.1) is 26.3 Å². The summed E-state index contributed by atoms with van der Waals surface area (Å²) in [6, 6.07) is 24.1. The van der Waals surface area contributed by atoms with Gasteiger partial charge in [-0.2, -0.15) is 0 Å². The van der Waals surface area contributed by atoms with Gasteiger partial charge in [-0.05, 0) is 114 Å². The van der Waals surface area contributed by atoms with E-state index in [0.717, 1.165) is 107 Å². The van der Waals surface area contributed by atoms with Gasteiger partial charge >= 0.3 is 12.2 Å². The highest BCUT2D eigenvalue weighted by atomic mass is 16.6. The van der Waals surface area contributed by atoms with Crippen LogP contribution in [-0.4, -0.2) is 89.3 Å². The van der Waals surface area contributed by atoms with Crippen molar-refractivity contribution in [3.05, 3.63) is 106 Å². The Morgan fingerprint density at radius 1 is 0.492 bits per heavy atom. The lowest BCUT2D eigenvalue weighted by atomic mass is 10.0. The number of carbonyl (C=O) groups is 2. The van der Waals surface area contributed by atoms with Crippen molar-refractivity contribution in [2.75, 3.05) is 62.5 Å². The average molecular weight is 807 g/mol. The Bertz CT molecular complexity index is 1950. The second kappa shape index (κ2) is 18.2. The van der Waals surface area contributed by atoms with Crippen LogP contribution in [0.4, 0.5) is 21.0 Å². The number of amides is 2. The third-order valence-electron chi connectivity index (χ3n) is 11.2. The fourth-order valence-electron chi connectivity index (χ4n) is 7.45. The number of anilines is 2. The molecule has 0 saturated carbocycles. The highest BCUT2D eigenvalue weighted by Crippen LogP contribution is 2.34. The van der Waals surface area contributed by atoms with Crippen molar-refractivity contribution in [2.45, 2.75) is 84.2 Å². The molecule has 0 aliphatic carbocycles. The third kappa shape index (κ3) is 9.88. The summed E-state index contributed by atoms with van der Waals surface area (Å²) in [5.74, 6) is 3.33. The zero-order chi connectivity index (χ0) is 40.9. The number of ether oxygens (including phenoxy) is 8. The van der Waals surface area contributed by atoms with E-state index in [0.29, 0.717) is 32.7 Å². The third-order valence-corrected chi connectivity index (χ3v) is 11.2. The van der Waals surface area contributed by atoms with Crippen LogP contribution in [0.2, 0.25) is 0 Å². The van der Waals surface area contributed by atoms with Crippen LogP contribution in [0.1, 0.15) is 61.1 Å². The van der Waals surface area contributed by atoms with Crippen LogP contribution in [-0.2, 0) is 51.1 Å². The van der Waals surface area contributed by atoms with Crippen molar-refractivity contribution in [1.29, 1.82) is 0 Å². The Kier molecular flexibility index (Phi) is 12.4. The van der Waals surface area contributed by atoms with Gasteiger partial charge in [0, 0.05) is 11.4 Å². The number of hydrogen-bond donors (Lipinski definition) is 0. The topological polar surface area (TPSA) is 121 Å². The molecule has 59 heavy (non-hydrogen) atoms. The van der Waals surface area contributed by atoms with Crippen molar-refractivity contribution in [3.63, 3.8) is 0 Å². The van der Waals surface area contributed by atoms with Gasteiger partial charge in [-0.15, -0.1) is 0 Å². The molecule has 4 unspecified atom stereocenters. The summed E-state index contributed by atoms with van der Waals surface area (Å²) < 4.78 is 46.6. The van der Waals surface area contributed by atoms with E-state index >= 15 is 0 Å². The molecule has 4 aromatic rings. The van der Waals surface area contributed by atoms with Crippen LogP contribution in [0.15, 0.2) is 72.8 Å². The lowest BCUT2D eigenvalue weighted by molar-refractivity contribution is 0.104. The summed E-state index contributed by atoms with van der Waals surface area (Å²) in [6.45, 7) is 12.3. The van der Waals surface area contributed by atoms with Gasteiger partial charge in [-0.3, -0.25) is 9.80 Å². The quantitative estimate of drug-likeness (QED) is 0.0816. The molecule has 0 aromatic heterocycles. The van der Waals surface area contributed by atoms with Gasteiger partial charge in [-0.25, -0.2) is 9.59 Å². The largest absolute Gasteiger partial charge is 0.490 e. The lowest BCUT2D eigenvalue weighted by Crippen LogP contribution is -2.26. The van der Waals surface area contributed by atoms with E-state index < -0.39 is 12.2 Å². The number of aryl methyl sites for hydroxylation is 4. The van der Waals surface area contributed by atoms with E-state index in [9.17, 15) is 9.59 Å². The van der Waals surface area contributed by atoms with Crippen LogP contribution < -0.4 is 28.7 Å². The summed E-state index contributed by atoms with van der Waals surface area (Å²) in [7, 11) is 0. The highest BCUT2D eigenvalue weighted by molar-refractivity contribution is 5.90. The highest BCUT2D eigenvalue weighted by Gasteiger charge is 2.35. The first-order valence-electron chi connectivity index (χ1n) is 21.0. The van der Waals surface area contributed by atoms with Crippen LogP contribution in [0, 0.1) is 0 Å². The van der Waals surface area contributed by atoms with E-state index in [4.69, 9.17) is 37.9 Å². The van der Waals surface area contributed by atoms with E-state index in [-0.39, 0.29) is 37.6 Å². The Morgan fingerprint density at radius 3 is 1.08 bits per heavy atom. The predicted octanol–water partition coefficient (Wildman–Crippen LogP) is 7.89. The predicted molar refractivity (Wildman–Crippen MR) is 223 cm³/mol. The first-order chi connectivity index (χ1) is 28.8. The molecule has 4 aromatic carbocycles. The molecule has 0 bridgehead atoms. The molecule has 4 atom stereocenters.